The molecule has 1 aliphatic rings. The molecule has 6 nitrogen and oxygen atoms in total. The average molecular weight is 393 g/mol. The van der Waals surface area contributed by atoms with Crippen molar-refractivity contribution in [2.75, 3.05) is 0 Å². The summed E-state index contributed by atoms with van der Waals surface area (Å²) >= 11 is 11.3. The molecule has 0 bridgehead atoms. The van der Waals surface area contributed by atoms with Crippen LogP contribution >= 0.6 is 23.2 Å². The molecule has 0 atom stereocenters. The lowest BCUT2D eigenvalue weighted by Gasteiger charge is -2.23. The van der Waals surface area contributed by atoms with Crippen molar-refractivity contribution < 1.29 is 9.53 Å². The topological polar surface area (TPSA) is 102 Å². The van der Waals surface area contributed by atoms with E-state index in [0.717, 1.165) is 18.6 Å². The van der Waals surface area contributed by atoms with Crippen LogP contribution in [0.15, 0.2) is 30.6 Å². The van der Waals surface area contributed by atoms with Crippen LogP contribution in [0.25, 0.3) is 0 Å². The quantitative estimate of drug-likeness (QED) is 0.790. The average Bonchev–Trinajstić information content (AvgIpc) is 2.64. The summed E-state index contributed by atoms with van der Waals surface area (Å²) in [5.74, 6) is 0.215. The number of ether oxygens (including phenoxy) is 1. The zero-order valence-corrected chi connectivity index (χ0v) is 15.5. The van der Waals surface area contributed by atoms with Gasteiger partial charge in [0.25, 0.3) is 5.91 Å². The molecule has 0 radical (unpaired) electrons. The summed E-state index contributed by atoms with van der Waals surface area (Å²) in [6, 6.07) is 7.30. The van der Waals surface area contributed by atoms with Crippen LogP contribution in [0.3, 0.4) is 0 Å². The van der Waals surface area contributed by atoms with Gasteiger partial charge in [-0.05, 0) is 49.4 Å². The van der Waals surface area contributed by atoms with E-state index >= 15 is 0 Å². The van der Waals surface area contributed by atoms with E-state index in [0.29, 0.717) is 16.7 Å². The van der Waals surface area contributed by atoms with Crippen LogP contribution in [0, 0.1) is 11.3 Å². The van der Waals surface area contributed by atoms with Crippen molar-refractivity contribution >= 4 is 29.1 Å². The number of aromatic nitrogens is 2. The molecule has 1 amide bonds. The van der Waals surface area contributed by atoms with Crippen LogP contribution in [0.5, 0.6) is 5.75 Å². The van der Waals surface area contributed by atoms with Gasteiger partial charge in [-0.3, -0.25) is 4.79 Å². The van der Waals surface area contributed by atoms with Gasteiger partial charge in [0.05, 0.1) is 22.3 Å². The first-order valence-corrected chi connectivity index (χ1v) is 8.89. The molecule has 136 valence electrons. The Bertz CT molecular complexity index is 785. The Morgan fingerprint density at radius 3 is 2.38 bits per heavy atom. The summed E-state index contributed by atoms with van der Waals surface area (Å²) in [5.41, 5.74) is 5.65. The highest BCUT2D eigenvalue weighted by Gasteiger charge is 2.15. The molecule has 0 saturated heterocycles. The molecule has 0 unspecified atom stereocenters. The molecule has 8 heteroatoms. The number of nitriles is 1. The van der Waals surface area contributed by atoms with Gasteiger partial charge in [-0.1, -0.05) is 18.0 Å². The van der Waals surface area contributed by atoms with E-state index in [1.165, 1.54) is 31.7 Å². The van der Waals surface area contributed by atoms with E-state index in [-0.39, 0.29) is 10.8 Å². The Hall–Kier alpha value is -2.36. The van der Waals surface area contributed by atoms with Crippen LogP contribution in [-0.4, -0.2) is 22.0 Å². The second kappa shape index (κ2) is 9.95. The number of carbonyl (C=O) groups excluding carboxylic acids is 1. The molecule has 1 fully saturated rings. The largest absolute Gasteiger partial charge is 0.490 e. The highest BCUT2D eigenvalue weighted by molar-refractivity contribution is 6.31. The zero-order chi connectivity index (χ0) is 18.9. The molecule has 26 heavy (non-hydrogen) atoms. The lowest BCUT2D eigenvalue weighted by atomic mass is 9.98. The Morgan fingerprint density at radius 1 is 1.19 bits per heavy atom. The molecule has 1 saturated carbocycles. The van der Waals surface area contributed by atoms with Crippen molar-refractivity contribution in [3.05, 3.63) is 52.0 Å². The highest BCUT2D eigenvalue weighted by Crippen LogP contribution is 2.26. The van der Waals surface area contributed by atoms with Crippen LogP contribution in [0.1, 0.15) is 48.0 Å². The smallest absolute Gasteiger partial charge is 0.251 e. The molecule has 0 spiro atoms. The van der Waals surface area contributed by atoms with Crippen molar-refractivity contribution in [1.82, 2.24) is 9.97 Å². The SMILES string of the molecule is N#Cc1ccc(OC2CCCCC2)cc1Cl.NC(=O)c1cnc(Cl)nc1. The fraction of sp³-hybridized carbons (Fsp3) is 0.333. The zero-order valence-electron chi connectivity index (χ0n) is 14.0. The van der Waals surface area contributed by atoms with Crippen molar-refractivity contribution in [3.63, 3.8) is 0 Å². The number of amides is 1. The van der Waals surface area contributed by atoms with Gasteiger partial charge in [0.2, 0.25) is 5.28 Å². The minimum atomic E-state index is -0.559. The molecule has 1 heterocycles. The number of rotatable bonds is 3. The van der Waals surface area contributed by atoms with Gasteiger partial charge in [-0.2, -0.15) is 5.26 Å². The molecular formula is C18H18Cl2N4O2. The maximum Gasteiger partial charge on any atom is 0.251 e. The lowest BCUT2D eigenvalue weighted by molar-refractivity contribution is 0.0999. The van der Waals surface area contributed by atoms with Gasteiger partial charge < -0.3 is 10.5 Å². The molecule has 1 aromatic carbocycles. The summed E-state index contributed by atoms with van der Waals surface area (Å²) in [5, 5.41) is 9.33. The third kappa shape index (κ3) is 6.17. The third-order valence-corrected chi connectivity index (χ3v) is 4.33. The monoisotopic (exact) mass is 392 g/mol. The minimum Gasteiger partial charge on any atom is -0.490 e. The van der Waals surface area contributed by atoms with Gasteiger partial charge in [0, 0.05) is 18.5 Å². The van der Waals surface area contributed by atoms with Crippen molar-refractivity contribution in [2.24, 2.45) is 5.73 Å². The predicted molar refractivity (Wildman–Crippen MR) is 99.2 cm³/mol. The summed E-state index contributed by atoms with van der Waals surface area (Å²) in [4.78, 5) is 17.5. The molecule has 1 aromatic heterocycles. The molecule has 1 aliphatic carbocycles. The van der Waals surface area contributed by atoms with Gasteiger partial charge in [-0.25, -0.2) is 9.97 Å². The van der Waals surface area contributed by atoms with E-state index < -0.39 is 5.91 Å². The highest BCUT2D eigenvalue weighted by atomic mass is 35.5. The van der Waals surface area contributed by atoms with Crippen LogP contribution in [-0.2, 0) is 0 Å². The number of benzene rings is 1. The normalized spacial score (nSPS) is 13.9. The summed E-state index contributed by atoms with van der Waals surface area (Å²) in [7, 11) is 0. The fourth-order valence-corrected chi connectivity index (χ4v) is 2.79. The van der Waals surface area contributed by atoms with E-state index in [1.54, 1.807) is 12.1 Å². The van der Waals surface area contributed by atoms with E-state index in [2.05, 4.69) is 9.97 Å². The maximum atomic E-state index is 10.4. The second-order valence-corrected chi connectivity index (χ2v) is 6.48. The van der Waals surface area contributed by atoms with Crippen molar-refractivity contribution in [3.8, 4) is 11.8 Å². The minimum absolute atomic E-state index is 0.102. The van der Waals surface area contributed by atoms with E-state index in [4.69, 9.17) is 38.9 Å². The van der Waals surface area contributed by atoms with E-state index in [9.17, 15) is 4.79 Å². The number of hydrogen-bond acceptors (Lipinski definition) is 5. The second-order valence-electron chi connectivity index (χ2n) is 5.74. The first-order valence-electron chi connectivity index (χ1n) is 8.13. The summed E-state index contributed by atoms with van der Waals surface area (Å²) in [6.07, 6.45) is 8.92. The molecule has 0 aliphatic heterocycles. The fourth-order valence-electron chi connectivity index (χ4n) is 2.47. The number of carbonyl (C=O) groups is 1. The first-order chi connectivity index (χ1) is 12.5. The van der Waals surface area contributed by atoms with Gasteiger partial charge in [0.15, 0.2) is 0 Å². The van der Waals surface area contributed by atoms with Crippen LogP contribution in [0.4, 0.5) is 0 Å². The number of hydrogen-bond donors (Lipinski definition) is 1. The molecular weight excluding hydrogens is 375 g/mol. The number of primary amides is 1. The number of nitrogens with two attached hydrogens (primary N) is 1. The van der Waals surface area contributed by atoms with Gasteiger partial charge in [-0.15, -0.1) is 0 Å². The predicted octanol–water partition coefficient (Wildman–Crippen LogP) is 4.15. The summed E-state index contributed by atoms with van der Waals surface area (Å²) < 4.78 is 5.84. The Balaban J connectivity index is 0.000000209. The first kappa shape index (κ1) is 20.0. The Kier molecular flexibility index (Phi) is 7.64. The van der Waals surface area contributed by atoms with E-state index in [1.807, 2.05) is 12.1 Å². The third-order valence-electron chi connectivity index (χ3n) is 3.82. The van der Waals surface area contributed by atoms with Crippen LogP contribution in [0.2, 0.25) is 10.3 Å². The van der Waals surface area contributed by atoms with Crippen LogP contribution < -0.4 is 10.5 Å². The number of nitrogens with zero attached hydrogens (tertiary/aromatic N) is 3. The van der Waals surface area contributed by atoms with Gasteiger partial charge >= 0.3 is 0 Å². The molecule has 2 aromatic rings. The van der Waals surface area contributed by atoms with Crippen molar-refractivity contribution in [1.29, 1.82) is 5.26 Å². The number of halogens is 2. The van der Waals surface area contributed by atoms with Crippen molar-refractivity contribution in [2.45, 2.75) is 38.2 Å². The van der Waals surface area contributed by atoms with Gasteiger partial charge in [0.1, 0.15) is 11.8 Å². The maximum absolute atomic E-state index is 10.4. The molecule has 3 rings (SSSR count). The summed E-state index contributed by atoms with van der Waals surface area (Å²) in [6.45, 7) is 0. The lowest BCUT2D eigenvalue weighted by Crippen LogP contribution is -2.19. The standard InChI is InChI=1S/C13H14ClNO.C5H4ClN3O/c14-13-8-12(7-6-10(13)9-15)16-11-4-2-1-3-5-11;6-5-8-1-3(2-9-5)4(7)10/h6-8,11H,1-5H2;1-2H,(H2,7,10). The Labute approximate surface area is 161 Å². The molecule has 2 N–H and O–H groups in total. The Morgan fingerprint density at radius 2 is 1.85 bits per heavy atom.